The largest absolute Gasteiger partial charge is 0.339 e. The van der Waals surface area contributed by atoms with Crippen LogP contribution in [0.3, 0.4) is 0 Å². The predicted octanol–water partition coefficient (Wildman–Crippen LogP) is 0.544. The molecular weight excluding hydrogens is 220 g/mol. The Morgan fingerprint density at radius 3 is 2.75 bits per heavy atom. The minimum absolute atomic E-state index is 0.204. The molecule has 1 heterocycles. The van der Waals surface area contributed by atoms with Gasteiger partial charge in [0.2, 0.25) is 5.91 Å². The number of nitrogens with zero attached hydrogens (tertiary/aromatic N) is 2. The third-order valence-corrected chi connectivity index (χ3v) is 2.91. The minimum atomic E-state index is 0.204. The molecule has 0 aromatic carbocycles. The highest BCUT2D eigenvalue weighted by Crippen LogP contribution is 2.07. The fourth-order valence-corrected chi connectivity index (χ4v) is 1.71. The van der Waals surface area contributed by atoms with E-state index < -0.39 is 0 Å². The summed E-state index contributed by atoms with van der Waals surface area (Å²) in [6.45, 7) is 4.86. The van der Waals surface area contributed by atoms with E-state index in [-0.39, 0.29) is 5.91 Å². The molecule has 70 valence electrons. The highest BCUT2D eigenvalue weighted by molar-refractivity contribution is 9.09. The quantitative estimate of drug-likeness (QED) is 0.619. The molecular formula is C8H15BrN2O. The van der Waals surface area contributed by atoms with Gasteiger partial charge >= 0.3 is 0 Å². The number of alkyl halides is 1. The molecule has 1 aliphatic heterocycles. The normalized spacial score (nSPS) is 25.9. The summed E-state index contributed by atoms with van der Waals surface area (Å²) in [6, 6.07) is 0.488. The van der Waals surface area contributed by atoms with Gasteiger partial charge in [-0.1, -0.05) is 15.9 Å². The number of hydrogen-bond donors (Lipinski definition) is 0. The van der Waals surface area contributed by atoms with Crippen LogP contribution in [0.25, 0.3) is 0 Å². The smallest absolute Gasteiger partial charge is 0.233 e. The number of rotatable bonds is 1. The Bertz CT molecular complexity index is 174. The van der Waals surface area contributed by atoms with Crippen molar-refractivity contribution in [3.63, 3.8) is 0 Å². The van der Waals surface area contributed by atoms with Crippen LogP contribution in [0.4, 0.5) is 0 Å². The zero-order chi connectivity index (χ0) is 9.14. The van der Waals surface area contributed by atoms with Crippen molar-refractivity contribution in [3.05, 3.63) is 0 Å². The second kappa shape index (κ2) is 4.23. The summed E-state index contributed by atoms with van der Waals surface area (Å²) in [4.78, 5) is 15.5. The number of hydrogen-bond acceptors (Lipinski definition) is 2. The van der Waals surface area contributed by atoms with Crippen molar-refractivity contribution in [1.82, 2.24) is 9.80 Å². The SMILES string of the molecule is CC1CN(C(=O)CBr)CCN1C. The molecule has 0 radical (unpaired) electrons. The van der Waals surface area contributed by atoms with E-state index in [1.54, 1.807) is 0 Å². The van der Waals surface area contributed by atoms with E-state index in [0.29, 0.717) is 11.4 Å². The number of likely N-dealkylation sites (N-methyl/N-ethyl adjacent to an activating group) is 1. The number of halogens is 1. The van der Waals surface area contributed by atoms with Crippen LogP contribution in [0, 0.1) is 0 Å². The summed E-state index contributed by atoms with van der Waals surface area (Å²) >= 11 is 3.18. The van der Waals surface area contributed by atoms with Crippen molar-refractivity contribution in [2.75, 3.05) is 32.0 Å². The van der Waals surface area contributed by atoms with Crippen LogP contribution in [-0.2, 0) is 4.79 Å². The van der Waals surface area contributed by atoms with Gasteiger partial charge in [-0.25, -0.2) is 0 Å². The van der Waals surface area contributed by atoms with Gasteiger partial charge in [0.15, 0.2) is 0 Å². The Hall–Kier alpha value is -0.0900. The van der Waals surface area contributed by atoms with E-state index in [1.807, 2.05) is 4.90 Å². The fourth-order valence-electron chi connectivity index (χ4n) is 1.36. The standard InChI is InChI=1S/C8H15BrN2O/c1-7-6-11(8(12)5-9)4-3-10(7)2/h7H,3-6H2,1-2H3. The molecule has 0 spiro atoms. The summed E-state index contributed by atoms with van der Waals surface area (Å²) in [5.41, 5.74) is 0. The molecule has 4 heteroatoms. The van der Waals surface area contributed by atoms with Gasteiger partial charge in [-0.3, -0.25) is 4.79 Å². The van der Waals surface area contributed by atoms with Crippen LogP contribution < -0.4 is 0 Å². The van der Waals surface area contributed by atoms with Crippen LogP contribution in [0.1, 0.15) is 6.92 Å². The number of carbonyl (C=O) groups excluding carboxylic acids is 1. The lowest BCUT2D eigenvalue weighted by atomic mass is 10.2. The third kappa shape index (κ3) is 2.20. The molecule has 1 fully saturated rings. The first-order chi connectivity index (χ1) is 5.65. The lowest BCUT2D eigenvalue weighted by Crippen LogP contribution is -2.52. The topological polar surface area (TPSA) is 23.6 Å². The zero-order valence-electron chi connectivity index (χ0n) is 7.59. The Morgan fingerprint density at radius 2 is 2.25 bits per heavy atom. The second-order valence-electron chi connectivity index (χ2n) is 3.30. The Morgan fingerprint density at radius 1 is 1.58 bits per heavy atom. The van der Waals surface area contributed by atoms with Crippen LogP contribution in [0.2, 0.25) is 0 Å². The molecule has 0 aromatic rings. The summed E-state index contributed by atoms with van der Waals surface area (Å²) < 4.78 is 0. The number of carbonyl (C=O) groups is 1. The molecule has 1 atom stereocenters. The van der Waals surface area contributed by atoms with Crippen molar-refractivity contribution < 1.29 is 4.79 Å². The van der Waals surface area contributed by atoms with Gasteiger partial charge in [0.05, 0.1) is 5.33 Å². The van der Waals surface area contributed by atoms with E-state index in [2.05, 4.69) is 34.8 Å². The summed E-state index contributed by atoms with van der Waals surface area (Å²) in [7, 11) is 2.10. The number of amides is 1. The molecule has 0 N–H and O–H groups in total. The Labute approximate surface area is 81.8 Å². The first-order valence-electron chi connectivity index (χ1n) is 4.19. The van der Waals surface area contributed by atoms with E-state index in [9.17, 15) is 4.79 Å². The predicted molar refractivity (Wildman–Crippen MR) is 52.5 cm³/mol. The van der Waals surface area contributed by atoms with Crippen LogP contribution in [0.5, 0.6) is 0 Å². The summed E-state index contributed by atoms with van der Waals surface area (Å²) in [5, 5.41) is 0.448. The maximum atomic E-state index is 11.3. The molecule has 1 aliphatic rings. The van der Waals surface area contributed by atoms with Gasteiger partial charge in [-0.15, -0.1) is 0 Å². The molecule has 0 bridgehead atoms. The maximum absolute atomic E-state index is 11.3. The minimum Gasteiger partial charge on any atom is -0.339 e. The second-order valence-corrected chi connectivity index (χ2v) is 3.86. The van der Waals surface area contributed by atoms with Crippen molar-refractivity contribution >= 4 is 21.8 Å². The van der Waals surface area contributed by atoms with Crippen LogP contribution >= 0.6 is 15.9 Å². The van der Waals surface area contributed by atoms with Crippen molar-refractivity contribution in [1.29, 1.82) is 0 Å². The summed E-state index contributed by atoms with van der Waals surface area (Å²) in [5.74, 6) is 0.204. The Balaban J connectivity index is 2.45. The van der Waals surface area contributed by atoms with Gasteiger partial charge in [0, 0.05) is 25.7 Å². The van der Waals surface area contributed by atoms with Crippen LogP contribution in [0.15, 0.2) is 0 Å². The Kier molecular flexibility index (Phi) is 3.53. The average molecular weight is 235 g/mol. The first-order valence-corrected chi connectivity index (χ1v) is 5.31. The first kappa shape index (κ1) is 9.99. The van der Waals surface area contributed by atoms with Gasteiger partial charge in [-0.05, 0) is 14.0 Å². The molecule has 1 rings (SSSR count). The van der Waals surface area contributed by atoms with E-state index >= 15 is 0 Å². The fraction of sp³-hybridized carbons (Fsp3) is 0.875. The van der Waals surface area contributed by atoms with E-state index in [4.69, 9.17) is 0 Å². The lowest BCUT2D eigenvalue weighted by molar-refractivity contribution is -0.130. The molecule has 1 unspecified atom stereocenters. The van der Waals surface area contributed by atoms with E-state index in [0.717, 1.165) is 19.6 Å². The lowest BCUT2D eigenvalue weighted by Gasteiger charge is -2.37. The third-order valence-electron chi connectivity index (χ3n) is 2.43. The van der Waals surface area contributed by atoms with E-state index in [1.165, 1.54) is 0 Å². The summed E-state index contributed by atoms with van der Waals surface area (Å²) in [6.07, 6.45) is 0. The van der Waals surface area contributed by atoms with Gasteiger partial charge < -0.3 is 9.80 Å². The molecule has 0 saturated carbocycles. The monoisotopic (exact) mass is 234 g/mol. The van der Waals surface area contributed by atoms with Gasteiger partial charge in [-0.2, -0.15) is 0 Å². The average Bonchev–Trinajstić information content (AvgIpc) is 2.08. The highest BCUT2D eigenvalue weighted by Gasteiger charge is 2.23. The van der Waals surface area contributed by atoms with Gasteiger partial charge in [0.1, 0.15) is 0 Å². The number of piperazine rings is 1. The molecule has 0 aromatic heterocycles. The molecule has 3 nitrogen and oxygen atoms in total. The zero-order valence-corrected chi connectivity index (χ0v) is 9.17. The molecule has 0 aliphatic carbocycles. The van der Waals surface area contributed by atoms with Crippen molar-refractivity contribution in [2.45, 2.75) is 13.0 Å². The van der Waals surface area contributed by atoms with Crippen molar-refractivity contribution in [3.8, 4) is 0 Å². The van der Waals surface area contributed by atoms with Gasteiger partial charge in [0.25, 0.3) is 0 Å². The highest BCUT2D eigenvalue weighted by atomic mass is 79.9. The van der Waals surface area contributed by atoms with Crippen LogP contribution in [-0.4, -0.2) is 53.8 Å². The molecule has 1 saturated heterocycles. The molecule has 1 amide bonds. The maximum Gasteiger partial charge on any atom is 0.233 e. The van der Waals surface area contributed by atoms with Crippen molar-refractivity contribution in [2.24, 2.45) is 0 Å². The molecule has 12 heavy (non-hydrogen) atoms.